The Labute approximate surface area is 152 Å². The van der Waals surface area contributed by atoms with Crippen LogP contribution in [0.5, 0.6) is 11.5 Å². The predicted molar refractivity (Wildman–Crippen MR) is 103 cm³/mol. The summed E-state index contributed by atoms with van der Waals surface area (Å²) in [7, 11) is 1.54. The molecule has 0 bridgehead atoms. The summed E-state index contributed by atoms with van der Waals surface area (Å²) >= 11 is 0. The van der Waals surface area contributed by atoms with Crippen molar-refractivity contribution in [1.29, 1.82) is 0 Å². The second-order valence-corrected chi connectivity index (χ2v) is 5.50. The first-order valence-corrected chi connectivity index (χ1v) is 8.27. The summed E-state index contributed by atoms with van der Waals surface area (Å²) in [6.07, 6.45) is 0. The van der Waals surface area contributed by atoms with Gasteiger partial charge < -0.3 is 14.8 Å². The standard InChI is InChI=1S/C22H19NO3/c1-25-20-13-5-4-12-19(20)22(24)23-15-6-7-16-26-21-14-8-10-17-9-2-3-11-18(17)21/h2-5,8-14H,15-16H2,1H3,(H,23,24). The van der Waals surface area contributed by atoms with Gasteiger partial charge in [0, 0.05) is 5.39 Å². The van der Waals surface area contributed by atoms with E-state index in [1.807, 2.05) is 48.5 Å². The van der Waals surface area contributed by atoms with Gasteiger partial charge in [-0.15, -0.1) is 0 Å². The molecular formula is C22H19NO3. The number of benzene rings is 3. The van der Waals surface area contributed by atoms with Gasteiger partial charge in [0.2, 0.25) is 0 Å². The minimum absolute atomic E-state index is 0.216. The van der Waals surface area contributed by atoms with E-state index in [1.54, 1.807) is 18.2 Å². The van der Waals surface area contributed by atoms with Gasteiger partial charge in [0.25, 0.3) is 5.91 Å². The van der Waals surface area contributed by atoms with Crippen molar-refractivity contribution in [2.24, 2.45) is 0 Å². The summed E-state index contributed by atoms with van der Waals surface area (Å²) in [4.78, 5) is 12.1. The van der Waals surface area contributed by atoms with Gasteiger partial charge in [-0.1, -0.05) is 60.4 Å². The molecule has 0 heterocycles. The van der Waals surface area contributed by atoms with Crippen molar-refractivity contribution in [1.82, 2.24) is 5.32 Å². The minimum Gasteiger partial charge on any atom is -0.496 e. The van der Waals surface area contributed by atoms with Crippen molar-refractivity contribution in [3.05, 3.63) is 72.3 Å². The van der Waals surface area contributed by atoms with Crippen LogP contribution in [-0.2, 0) is 0 Å². The zero-order valence-corrected chi connectivity index (χ0v) is 14.5. The SMILES string of the molecule is COc1ccccc1C(=O)NCC#CCOc1cccc2ccccc12. The molecule has 3 rings (SSSR count). The zero-order chi connectivity index (χ0) is 18.2. The lowest BCUT2D eigenvalue weighted by molar-refractivity contribution is 0.0955. The molecule has 4 nitrogen and oxygen atoms in total. The highest BCUT2D eigenvalue weighted by Crippen LogP contribution is 2.24. The number of carbonyl (C=O) groups is 1. The first-order chi connectivity index (χ1) is 12.8. The van der Waals surface area contributed by atoms with Gasteiger partial charge >= 0.3 is 0 Å². The number of para-hydroxylation sites is 1. The number of methoxy groups -OCH3 is 1. The first-order valence-electron chi connectivity index (χ1n) is 8.27. The van der Waals surface area contributed by atoms with E-state index in [2.05, 4.69) is 17.2 Å². The van der Waals surface area contributed by atoms with E-state index in [4.69, 9.17) is 9.47 Å². The molecule has 0 unspecified atom stereocenters. The van der Waals surface area contributed by atoms with Crippen molar-refractivity contribution in [2.45, 2.75) is 0 Å². The van der Waals surface area contributed by atoms with E-state index >= 15 is 0 Å². The Morgan fingerprint density at radius 1 is 0.923 bits per heavy atom. The molecule has 0 radical (unpaired) electrons. The maximum atomic E-state index is 12.1. The highest BCUT2D eigenvalue weighted by atomic mass is 16.5. The molecule has 26 heavy (non-hydrogen) atoms. The Kier molecular flexibility index (Phi) is 5.74. The molecule has 0 fully saturated rings. The van der Waals surface area contributed by atoms with Crippen molar-refractivity contribution < 1.29 is 14.3 Å². The molecule has 130 valence electrons. The molecule has 4 heteroatoms. The number of fused-ring (bicyclic) bond motifs is 1. The van der Waals surface area contributed by atoms with Gasteiger partial charge in [-0.05, 0) is 23.6 Å². The lowest BCUT2D eigenvalue weighted by Gasteiger charge is -2.07. The molecule has 0 aliphatic rings. The number of hydrogen-bond acceptors (Lipinski definition) is 3. The third kappa shape index (κ3) is 4.14. The normalized spacial score (nSPS) is 9.88. The second-order valence-electron chi connectivity index (χ2n) is 5.50. The fourth-order valence-electron chi connectivity index (χ4n) is 2.60. The number of rotatable bonds is 5. The number of hydrogen-bond donors (Lipinski definition) is 1. The Balaban J connectivity index is 1.52. The highest BCUT2D eigenvalue weighted by Gasteiger charge is 2.09. The fourth-order valence-corrected chi connectivity index (χ4v) is 2.60. The van der Waals surface area contributed by atoms with Crippen molar-refractivity contribution in [3.63, 3.8) is 0 Å². The fraction of sp³-hybridized carbons (Fsp3) is 0.136. The first kappa shape index (κ1) is 17.4. The summed E-state index contributed by atoms with van der Waals surface area (Å²) < 4.78 is 10.9. The van der Waals surface area contributed by atoms with Crippen LogP contribution in [0.25, 0.3) is 10.8 Å². The molecule has 0 spiro atoms. The smallest absolute Gasteiger partial charge is 0.255 e. The molecule has 1 N–H and O–H groups in total. The average Bonchev–Trinajstić information content (AvgIpc) is 2.70. The lowest BCUT2D eigenvalue weighted by Crippen LogP contribution is -2.24. The van der Waals surface area contributed by atoms with Gasteiger partial charge in [0.15, 0.2) is 0 Å². The van der Waals surface area contributed by atoms with Crippen molar-refractivity contribution in [3.8, 4) is 23.3 Å². The van der Waals surface area contributed by atoms with E-state index in [-0.39, 0.29) is 19.1 Å². The number of nitrogens with one attached hydrogen (secondary N) is 1. The van der Waals surface area contributed by atoms with Crippen molar-refractivity contribution >= 4 is 16.7 Å². The van der Waals surface area contributed by atoms with E-state index in [1.165, 1.54) is 7.11 Å². The molecule has 0 aliphatic carbocycles. The summed E-state index contributed by atoms with van der Waals surface area (Å²) in [6.45, 7) is 0.508. The minimum atomic E-state index is -0.216. The Morgan fingerprint density at radius 2 is 1.65 bits per heavy atom. The van der Waals surface area contributed by atoms with Crippen LogP contribution in [0.1, 0.15) is 10.4 Å². The Hall–Kier alpha value is -3.45. The lowest BCUT2D eigenvalue weighted by atomic mass is 10.1. The van der Waals surface area contributed by atoms with Crippen LogP contribution in [-0.4, -0.2) is 26.2 Å². The van der Waals surface area contributed by atoms with Crippen LogP contribution in [0.3, 0.4) is 0 Å². The molecule has 0 atom stereocenters. The Morgan fingerprint density at radius 3 is 2.54 bits per heavy atom. The van der Waals surface area contributed by atoms with Gasteiger partial charge in [-0.3, -0.25) is 4.79 Å². The van der Waals surface area contributed by atoms with E-state index in [0.29, 0.717) is 11.3 Å². The highest BCUT2D eigenvalue weighted by molar-refractivity contribution is 5.97. The third-order valence-electron chi connectivity index (χ3n) is 3.86. The van der Waals surface area contributed by atoms with E-state index in [9.17, 15) is 4.79 Å². The second kappa shape index (κ2) is 8.59. The predicted octanol–water partition coefficient (Wildman–Crippen LogP) is 3.66. The molecule has 0 aromatic heterocycles. The zero-order valence-electron chi connectivity index (χ0n) is 14.5. The molecule has 3 aromatic rings. The van der Waals surface area contributed by atoms with Crippen molar-refractivity contribution in [2.75, 3.05) is 20.3 Å². The largest absolute Gasteiger partial charge is 0.496 e. The molecule has 0 saturated heterocycles. The Bertz CT molecular complexity index is 964. The average molecular weight is 345 g/mol. The maximum absolute atomic E-state index is 12.1. The number of ether oxygens (including phenoxy) is 2. The maximum Gasteiger partial charge on any atom is 0.255 e. The van der Waals surface area contributed by atoms with Gasteiger partial charge in [-0.2, -0.15) is 0 Å². The topological polar surface area (TPSA) is 47.6 Å². The van der Waals surface area contributed by atoms with Crippen LogP contribution >= 0.6 is 0 Å². The molecular weight excluding hydrogens is 326 g/mol. The van der Waals surface area contributed by atoms with Crippen LogP contribution in [0, 0.1) is 11.8 Å². The molecule has 0 aliphatic heterocycles. The number of amides is 1. The third-order valence-corrected chi connectivity index (χ3v) is 3.86. The summed E-state index contributed by atoms with van der Waals surface area (Å²) in [6, 6.07) is 21.0. The van der Waals surface area contributed by atoms with E-state index < -0.39 is 0 Å². The number of carbonyl (C=O) groups excluding carboxylic acids is 1. The molecule has 3 aromatic carbocycles. The van der Waals surface area contributed by atoms with E-state index in [0.717, 1.165) is 16.5 Å². The van der Waals surface area contributed by atoms with Gasteiger partial charge in [0.1, 0.15) is 18.1 Å². The molecule has 1 amide bonds. The summed E-state index contributed by atoms with van der Waals surface area (Å²) in [5.74, 6) is 6.93. The summed E-state index contributed by atoms with van der Waals surface area (Å²) in [5.41, 5.74) is 0.490. The molecule has 0 saturated carbocycles. The van der Waals surface area contributed by atoms with Crippen LogP contribution in [0.2, 0.25) is 0 Å². The van der Waals surface area contributed by atoms with Crippen LogP contribution in [0.4, 0.5) is 0 Å². The van der Waals surface area contributed by atoms with Crippen LogP contribution < -0.4 is 14.8 Å². The van der Waals surface area contributed by atoms with Gasteiger partial charge in [0.05, 0.1) is 19.2 Å². The van der Waals surface area contributed by atoms with Gasteiger partial charge in [-0.25, -0.2) is 0 Å². The monoisotopic (exact) mass is 345 g/mol. The quantitative estimate of drug-likeness (QED) is 0.718. The summed E-state index contributed by atoms with van der Waals surface area (Å²) in [5, 5.41) is 4.94. The van der Waals surface area contributed by atoms with Crippen LogP contribution in [0.15, 0.2) is 66.7 Å².